The van der Waals surface area contributed by atoms with Crippen LogP contribution in [0.3, 0.4) is 0 Å². The van der Waals surface area contributed by atoms with E-state index >= 15 is 0 Å². The Hall–Kier alpha value is -2.29. The Morgan fingerprint density at radius 3 is 2.73 bits per heavy atom. The van der Waals surface area contributed by atoms with Gasteiger partial charge in [0.2, 0.25) is 5.91 Å². The van der Waals surface area contributed by atoms with Crippen LogP contribution in [-0.2, 0) is 17.6 Å². The zero-order valence-electron chi connectivity index (χ0n) is 13.1. The molecule has 0 saturated carbocycles. The molecule has 114 valence electrons. The maximum atomic E-state index is 12.6. The van der Waals surface area contributed by atoms with Crippen LogP contribution in [0.1, 0.15) is 29.2 Å². The number of para-hydroxylation sites is 1. The number of fused-ring (bicyclic) bond motifs is 1. The average molecular weight is 295 g/mol. The highest BCUT2D eigenvalue weighted by molar-refractivity contribution is 5.80. The number of carbonyl (C=O) groups is 1. The van der Waals surface area contributed by atoms with Crippen molar-refractivity contribution in [3.05, 3.63) is 65.2 Å². The lowest BCUT2D eigenvalue weighted by molar-refractivity contribution is -0.131. The first-order chi connectivity index (χ1) is 10.7. The van der Waals surface area contributed by atoms with Gasteiger partial charge in [0.25, 0.3) is 0 Å². The van der Waals surface area contributed by atoms with E-state index in [1.807, 2.05) is 36.2 Å². The van der Waals surface area contributed by atoms with Gasteiger partial charge in [0.15, 0.2) is 0 Å². The van der Waals surface area contributed by atoms with Crippen LogP contribution in [0, 0.1) is 0 Å². The van der Waals surface area contributed by atoms with Gasteiger partial charge in [-0.25, -0.2) is 0 Å². The van der Waals surface area contributed by atoms with Crippen molar-refractivity contribution in [3.63, 3.8) is 0 Å². The highest BCUT2D eigenvalue weighted by atomic mass is 16.5. The van der Waals surface area contributed by atoms with Gasteiger partial charge in [0.05, 0.1) is 19.6 Å². The molecule has 0 radical (unpaired) electrons. The van der Waals surface area contributed by atoms with Crippen LogP contribution in [0.4, 0.5) is 0 Å². The van der Waals surface area contributed by atoms with Crippen LogP contribution in [0.15, 0.2) is 48.5 Å². The topological polar surface area (TPSA) is 29.5 Å². The monoisotopic (exact) mass is 295 g/mol. The van der Waals surface area contributed by atoms with E-state index in [2.05, 4.69) is 24.3 Å². The first-order valence-electron chi connectivity index (χ1n) is 7.66. The summed E-state index contributed by atoms with van der Waals surface area (Å²) in [4.78, 5) is 14.5. The molecular formula is C19H21NO2. The van der Waals surface area contributed by atoms with Gasteiger partial charge in [-0.1, -0.05) is 42.5 Å². The minimum atomic E-state index is 0.131. The summed E-state index contributed by atoms with van der Waals surface area (Å²) in [6.07, 6.45) is 2.43. The second kappa shape index (κ2) is 6.22. The number of methoxy groups -OCH3 is 1. The zero-order chi connectivity index (χ0) is 15.5. The number of hydrogen-bond donors (Lipinski definition) is 0. The molecule has 0 saturated heterocycles. The number of nitrogens with zero attached hydrogens (tertiary/aromatic N) is 1. The summed E-state index contributed by atoms with van der Waals surface area (Å²) >= 11 is 0. The summed E-state index contributed by atoms with van der Waals surface area (Å²) in [6.45, 7) is 0. The summed E-state index contributed by atoms with van der Waals surface area (Å²) in [5, 5.41) is 0. The Kier molecular flexibility index (Phi) is 4.14. The average Bonchev–Trinajstić information content (AvgIpc) is 2.98. The van der Waals surface area contributed by atoms with E-state index in [4.69, 9.17) is 4.74 Å². The van der Waals surface area contributed by atoms with Gasteiger partial charge < -0.3 is 9.64 Å². The maximum absolute atomic E-state index is 12.6. The number of rotatable bonds is 4. The number of amides is 1. The van der Waals surface area contributed by atoms with Gasteiger partial charge in [-0.05, 0) is 30.0 Å². The van der Waals surface area contributed by atoms with Crippen molar-refractivity contribution in [1.29, 1.82) is 0 Å². The molecular weight excluding hydrogens is 274 g/mol. The quantitative estimate of drug-likeness (QED) is 0.865. The van der Waals surface area contributed by atoms with Crippen molar-refractivity contribution in [1.82, 2.24) is 4.90 Å². The lowest BCUT2D eigenvalue weighted by atomic mass is 10.1. The normalized spacial score (nSPS) is 16.2. The summed E-state index contributed by atoms with van der Waals surface area (Å²) in [5.74, 6) is 0.905. The summed E-state index contributed by atoms with van der Waals surface area (Å²) in [5.41, 5.74) is 3.59. The number of benzene rings is 2. The minimum absolute atomic E-state index is 0.131. The fourth-order valence-electron chi connectivity index (χ4n) is 3.25. The van der Waals surface area contributed by atoms with E-state index in [0.29, 0.717) is 6.42 Å². The largest absolute Gasteiger partial charge is 0.496 e. The molecule has 1 aliphatic carbocycles. The van der Waals surface area contributed by atoms with E-state index < -0.39 is 0 Å². The van der Waals surface area contributed by atoms with Crippen molar-refractivity contribution >= 4 is 5.91 Å². The lowest BCUT2D eigenvalue weighted by Gasteiger charge is -2.26. The minimum Gasteiger partial charge on any atom is -0.496 e. The Morgan fingerprint density at radius 2 is 1.91 bits per heavy atom. The highest BCUT2D eigenvalue weighted by Gasteiger charge is 2.28. The molecule has 2 aromatic rings. The Morgan fingerprint density at radius 1 is 1.18 bits per heavy atom. The number of likely N-dealkylation sites (N-methyl/N-ethyl adjacent to an activating group) is 1. The van der Waals surface area contributed by atoms with Crippen molar-refractivity contribution in [3.8, 4) is 5.75 Å². The van der Waals surface area contributed by atoms with Crippen LogP contribution in [0.25, 0.3) is 0 Å². The number of hydrogen-bond acceptors (Lipinski definition) is 2. The van der Waals surface area contributed by atoms with Crippen molar-refractivity contribution in [2.75, 3.05) is 14.2 Å². The first kappa shape index (κ1) is 14.6. The van der Waals surface area contributed by atoms with Crippen LogP contribution in [0.2, 0.25) is 0 Å². The van der Waals surface area contributed by atoms with Crippen molar-refractivity contribution in [2.24, 2.45) is 0 Å². The Balaban J connectivity index is 1.76. The third-order valence-electron chi connectivity index (χ3n) is 4.50. The van der Waals surface area contributed by atoms with E-state index in [-0.39, 0.29) is 11.9 Å². The van der Waals surface area contributed by atoms with Crippen LogP contribution in [0.5, 0.6) is 5.75 Å². The van der Waals surface area contributed by atoms with Crippen molar-refractivity contribution < 1.29 is 9.53 Å². The second-order valence-electron chi connectivity index (χ2n) is 5.75. The predicted octanol–water partition coefficient (Wildman–Crippen LogP) is 3.38. The highest BCUT2D eigenvalue weighted by Crippen LogP contribution is 2.35. The van der Waals surface area contributed by atoms with E-state index in [0.717, 1.165) is 24.2 Å². The summed E-state index contributed by atoms with van der Waals surface area (Å²) in [7, 11) is 3.55. The zero-order valence-corrected chi connectivity index (χ0v) is 13.1. The van der Waals surface area contributed by atoms with E-state index in [1.165, 1.54) is 11.1 Å². The van der Waals surface area contributed by atoms with Gasteiger partial charge in [-0.15, -0.1) is 0 Å². The summed E-state index contributed by atoms with van der Waals surface area (Å²) in [6, 6.07) is 16.3. The number of ether oxygens (including phenoxy) is 1. The standard InChI is InChI=1S/C19H21NO2/c1-20(17-12-11-14-7-3-5-9-16(14)17)19(21)13-15-8-4-6-10-18(15)22-2/h3-10,17H,11-13H2,1-2H3. The Bertz CT molecular complexity index is 681. The van der Waals surface area contributed by atoms with E-state index in [9.17, 15) is 4.79 Å². The Labute approximate surface area is 131 Å². The molecule has 3 heteroatoms. The number of aryl methyl sites for hydroxylation is 1. The molecule has 1 unspecified atom stereocenters. The number of carbonyl (C=O) groups excluding carboxylic acids is 1. The fraction of sp³-hybridized carbons (Fsp3) is 0.316. The molecule has 22 heavy (non-hydrogen) atoms. The molecule has 1 atom stereocenters. The van der Waals surface area contributed by atoms with E-state index in [1.54, 1.807) is 7.11 Å². The fourth-order valence-corrected chi connectivity index (χ4v) is 3.25. The molecule has 0 aliphatic heterocycles. The van der Waals surface area contributed by atoms with Crippen LogP contribution in [-0.4, -0.2) is 25.0 Å². The smallest absolute Gasteiger partial charge is 0.227 e. The van der Waals surface area contributed by atoms with Gasteiger partial charge in [-0.2, -0.15) is 0 Å². The second-order valence-corrected chi connectivity index (χ2v) is 5.75. The third-order valence-corrected chi connectivity index (χ3v) is 4.50. The molecule has 0 spiro atoms. The molecule has 1 amide bonds. The molecule has 1 aliphatic rings. The molecule has 3 nitrogen and oxygen atoms in total. The van der Waals surface area contributed by atoms with Crippen molar-refractivity contribution in [2.45, 2.75) is 25.3 Å². The first-order valence-corrected chi connectivity index (χ1v) is 7.66. The molecule has 0 bridgehead atoms. The van der Waals surface area contributed by atoms with Crippen LogP contribution < -0.4 is 4.74 Å². The lowest BCUT2D eigenvalue weighted by Crippen LogP contribution is -2.31. The summed E-state index contributed by atoms with van der Waals surface area (Å²) < 4.78 is 5.34. The molecule has 0 fully saturated rings. The third kappa shape index (κ3) is 2.71. The molecule has 3 rings (SSSR count). The maximum Gasteiger partial charge on any atom is 0.227 e. The molecule has 0 N–H and O–H groups in total. The van der Waals surface area contributed by atoms with Gasteiger partial charge in [0.1, 0.15) is 5.75 Å². The molecule has 0 heterocycles. The molecule has 2 aromatic carbocycles. The SMILES string of the molecule is COc1ccccc1CC(=O)N(C)C1CCc2ccccc21. The van der Waals surface area contributed by atoms with Gasteiger partial charge in [0, 0.05) is 12.6 Å². The van der Waals surface area contributed by atoms with Gasteiger partial charge >= 0.3 is 0 Å². The predicted molar refractivity (Wildman–Crippen MR) is 87.0 cm³/mol. The van der Waals surface area contributed by atoms with Crippen LogP contribution >= 0.6 is 0 Å². The molecule has 0 aromatic heterocycles. The van der Waals surface area contributed by atoms with Gasteiger partial charge in [-0.3, -0.25) is 4.79 Å².